The number of aliphatic hydroxyl groups excluding tert-OH is 1. The molecule has 11 heteroatoms. The molecule has 5 rings (SSSR count). The molecule has 3 aromatic carbocycles. The van der Waals surface area contributed by atoms with E-state index < -0.39 is 29.5 Å². The Morgan fingerprint density at radius 2 is 1.47 bits per heavy atom. The van der Waals surface area contributed by atoms with E-state index in [1.165, 1.54) is 16.9 Å². The van der Waals surface area contributed by atoms with Gasteiger partial charge in [0.05, 0.1) is 11.3 Å². The van der Waals surface area contributed by atoms with E-state index in [9.17, 15) is 31.1 Å². The van der Waals surface area contributed by atoms with E-state index in [-0.39, 0.29) is 60.7 Å². The SMILES string of the molecule is CC(C)C/C(O)=C/C(=O)C(F)(F)F.Cc1cc(CC(C)(C)C)cc(C)c1-c1sc2c(-c3[c-]c4ccccc4c(C(C)(C)C)c3)ncc(C(F)(F)F)c2c1C(C)C.[Ir]. The Labute approximate surface area is 350 Å². The number of carbonyl (C=O) groups excluding carboxylic acids is 1. The zero-order valence-electron chi connectivity index (χ0n) is 34.6. The number of fused-ring (bicyclic) bond motifs is 2. The van der Waals surface area contributed by atoms with E-state index in [0.717, 1.165) is 61.6 Å². The summed E-state index contributed by atoms with van der Waals surface area (Å²) < 4.78 is 79.5. The normalized spacial score (nSPS) is 12.9. The minimum absolute atomic E-state index is 0. The fraction of sp³-hybridized carbons (Fsp3) is 0.435. The van der Waals surface area contributed by atoms with E-state index in [0.29, 0.717) is 10.4 Å². The largest absolute Gasteiger partial charge is 0.512 e. The molecule has 0 saturated carbocycles. The molecule has 0 bridgehead atoms. The van der Waals surface area contributed by atoms with Gasteiger partial charge in [0.25, 0.3) is 5.78 Å². The first-order valence-electron chi connectivity index (χ1n) is 18.7. The third-order valence-corrected chi connectivity index (χ3v) is 10.5. The Bertz CT molecular complexity index is 2250. The third kappa shape index (κ3) is 11.6. The van der Waals surface area contributed by atoms with Crippen molar-refractivity contribution < 1.29 is 56.3 Å². The van der Waals surface area contributed by atoms with Crippen LogP contribution in [0.3, 0.4) is 0 Å². The van der Waals surface area contributed by atoms with Crippen LogP contribution in [0.4, 0.5) is 26.3 Å². The smallest absolute Gasteiger partial charge is 0.454 e. The summed E-state index contributed by atoms with van der Waals surface area (Å²) >= 11 is 1.44. The van der Waals surface area contributed by atoms with Gasteiger partial charge in [-0.25, -0.2) is 0 Å². The van der Waals surface area contributed by atoms with E-state index in [1.807, 2.05) is 32.0 Å². The van der Waals surface area contributed by atoms with Crippen molar-refractivity contribution in [3.05, 3.63) is 99.9 Å². The van der Waals surface area contributed by atoms with Gasteiger partial charge in [-0.15, -0.1) is 40.5 Å². The summed E-state index contributed by atoms with van der Waals surface area (Å²) in [7, 11) is 0. The molecular formula is C46H52F6IrNO2S-. The number of ketones is 1. The molecule has 3 nitrogen and oxygen atoms in total. The van der Waals surface area contributed by atoms with Gasteiger partial charge in [-0.2, -0.15) is 26.3 Å². The van der Waals surface area contributed by atoms with Crippen molar-refractivity contribution in [3.8, 4) is 21.7 Å². The minimum Gasteiger partial charge on any atom is -0.512 e. The van der Waals surface area contributed by atoms with Crippen molar-refractivity contribution >= 4 is 38.0 Å². The van der Waals surface area contributed by atoms with Crippen LogP contribution in [-0.2, 0) is 42.9 Å². The molecule has 2 aromatic heterocycles. The van der Waals surface area contributed by atoms with Crippen LogP contribution >= 0.6 is 11.3 Å². The molecule has 1 N–H and O–H groups in total. The molecule has 0 aliphatic heterocycles. The van der Waals surface area contributed by atoms with Crippen LogP contribution in [0.25, 0.3) is 42.6 Å². The number of hydrogen-bond acceptors (Lipinski definition) is 4. The molecule has 0 saturated heterocycles. The molecular weight excluding hydrogens is 937 g/mol. The monoisotopic (exact) mass is 989 g/mol. The van der Waals surface area contributed by atoms with Gasteiger partial charge in [-0.05, 0) is 70.8 Å². The predicted octanol–water partition coefficient (Wildman–Crippen LogP) is 14.8. The van der Waals surface area contributed by atoms with Gasteiger partial charge in [0.15, 0.2) is 0 Å². The summed E-state index contributed by atoms with van der Waals surface area (Å²) in [5.74, 6) is -2.67. The second-order valence-corrected chi connectivity index (χ2v) is 18.6. The molecule has 0 unspecified atom stereocenters. The Morgan fingerprint density at radius 1 is 0.895 bits per heavy atom. The maximum atomic E-state index is 14.7. The molecule has 57 heavy (non-hydrogen) atoms. The van der Waals surface area contributed by atoms with Crippen LogP contribution < -0.4 is 0 Å². The predicted molar refractivity (Wildman–Crippen MR) is 218 cm³/mol. The maximum Gasteiger partial charge on any atom is 0.454 e. The number of aliphatic hydroxyl groups is 1. The molecule has 1 radical (unpaired) electrons. The number of aryl methyl sites for hydroxylation is 2. The van der Waals surface area contributed by atoms with Crippen molar-refractivity contribution in [2.24, 2.45) is 11.3 Å². The zero-order valence-corrected chi connectivity index (χ0v) is 37.8. The topological polar surface area (TPSA) is 50.2 Å². The van der Waals surface area contributed by atoms with Gasteiger partial charge in [0, 0.05) is 59.5 Å². The average Bonchev–Trinajstić information content (AvgIpc) is 3.41. The van der Waals surface area contributed by atoms with Gasteiger partial charge in [0.2, 0.25) is 0 Å². The van der Waals surface area contributed by atoms with E-state index >= 15 is 0 Å². The Kier molecular flexibility index (Phi) is 14.9. The van der Waals surface area contributed by atoms with Gasteiger partial charge in [0.1, 0.15) is 0 Å². The van der Waals surface area contributed by atoms with Crippen molar-refractivity contribution in [1.82, 2.24) is 4.98 Å². The number of carbonyl (C=O) groups is 1. The number of alkyl halides is 6. The van der Waals surface area contributed by atoms with Crippen LogP contribution in [0.1, 0.15) is 115 Å². The Morgan fingerprint density at radius 3 is 1.96 bits per heavy atom. The molecule has 0 amide bonds. The van der Waals surface area contributed by atoms with Gasteiger partial charge >= 0.3 is 12.4 Å². The summed E-state index contributed by atoms with van der Waals surface area (Å²) in [6, 6.07) is 18.1. The number of rotatable bonds is 7. The molecule has 0 aliphatic rings. The standard InChI is InChI=1S/C38H41F3NS.C8H11F3O2.Ir/c1-21(2)30-32-29(38(39,40)41)20-42-33(26-17-25-13-11-12-14-27(25)28(18-26)37(8,9)10)35(32)43-34(30)31-22(3)15-24(16-23(31)4)19-36(5,6)7;1-5(2)3-6(12)4-7(13)8(9,10)11;/h11-16,18,20-21H,19H2,1-10H3;4-5,12H,3H2,1-2H3;/q-1;;/b;6-4-;. The number of thiophene rings is 1. The third-order valence-electron chi connectivity index (χ3n) is 9.22. The van der Waals surface area contributed by atoms with Gasteiger partial charge in [-0.1, -0.05) is 111 Å². The molecule has 2 heterocycles. The van der Waals surface area contributed by atoms with E-state index in [2.05, 4.69) is 90.7 Å². The molecule has 311 valence electrons. The van der Waals surface area contributed by atoms with E-state index in [4.69, 9.17) is 5.11 Å². The first kappa shape index (κ1) is 47.8. The fourth-order valence-electron chi connectivity index (χ4n) is 7.09. The number of pyridine rings is 1. The minimum atomic E-state index is -4.90. The average molecular weight is 989 g/mol. The van der Waals surface area contributed by atoms with E-state index in [1.54, 1.807) is 13.8 Å². The first-order chi connectivity index (χ1) is 25.6. The number of benzene rings is 3. The first-order valence-corrected chi connectivity index (χ1v) is 19.5. The second kappa shape index (κ2) is 17.8. The number of nitrogens with zero attached hydrogens (tertiary/aromatic N) is 1. The van der Waals surface area contributed by atoms with Crippen LogP contribution in [0.2, 0.25) is 0 Å². The fourth-order valence-corrected chi connectivity index (χ4v) is 8.75. The summed E-state index contributed by atoms with van der Waals surface area (Å²) in [6.07, 6.45) is -7.17. The second-order valence-electron chi connectivity index (χ2n) is 17.6. The number of hydrogen-bond donors (Lipinski definition) is 1. The van der Waals surface area contributed by atoms with Crippen molar-refractivity contribution in [3.63, 3.8) is 0 Å². The number of aromatic nitrogens is 1. The van der Waals surface area contributed by atoms with Crippen molar-refractivity contribution in [2.75, 3.05) is 0 Å². The summed E-state index contributed by atoms with van der Waals surface area (Å²) in [5, 5.41) is 11.2. The van der Waals surface area contributed by atoms with Crippen LogP contribution in [0.5, 0.6) is 0 Å². The van der Waals surface area contributed by atoms with Crippen molar-refractivity contribution in [1.29, 1.82) is 0 Å². The Balaban J connectivity index is 0.000000535. The number of allylic oxidation sites excluding steroid dienone is 2. The molecule has 0 spiro atoms. The number of halogens is 6. The Hall–Kier alpha value is -3.53. The van der Waals surface area contributed by atoms with Gasteiger partial charge in [-0.3, -0.25) is 9.78 Å². The van der Waals surface area contributed by atoms with Gasteiger partial charge < -0.3 is 5.11 Å². The maximum absolute atomic E-state index is 14.7. The van der Waals surface area contributed by atoms with Crippen LogP contribution in [0, 0.1) is 31.2 Å². The quantitative estimate of drug-likeness (QED) is 0.0765. The van der Waals surface area contributed by atoms with Crippen LogP contribution in [-0.4, -0.2) is 22.1 Å². The molecule has 0 fully saturated rings. The molecule has 0 aliphatic carbocycles. The zero-order chi connectivity index (χ0) is 42.3. The van der Waals surface area contributed by atoms with Crippen molar-refractivity contribution in [2.45, 2.75) is 120 Å². The summed E-state index contributed by atoms with van der Waals surface area (Å²) in [6.45, 7) is 24.7. The molecule has 0 atom stereocenters. The summed E-state index contributed by atoms with van der Waals surface area (Å²) in [4.78, 5) is 15.7. The van der Waals surface area contributed by atoms with Crippen LogP contribution in [0.15, 0.2) is 60.5 Å². The molecule has 5 aromatic rings. The summed E-state index contributed by atoms with van der Waals surface area (Å²) in [5.41, 5.74) is 6.86.